The smallest absolute Gasteiger partial charge is 0.247 e. The summed E-state index contributed by atoms with van der Waals surface area (Å²) in [6.07, 6.45) is 2.87. The van der Waals surface area contributed by atoms with Crippen LogP contribution >= 0.6 is 0 Å². The van der Waals surface area contributed by atoms with Crippen molar-refractivity contribution in [1.82, 2.24) is 13.7 Å². The molecular formula is C11H15N3O3. The number of hydrogen-bond donors (Lipinski definition) is 0. The maximum atomic E-state index is 11.9. The summed E-state index contributed by atoms with van der Waals surface area (Å²) in [4.78, 5) is 35.5. The molecule has 1 heterocycles. The first kappa shape index (κ1) is 13.0. The Morgan fingerprint density at radius 1 is 0.882 bits per heavy atom. The number of allylic oxidation sites excluding steroid dienone is 2. The van der Waals surface area contributed by atoms with Crippen molar-refractivity contribution in [2.75, 3.05) is 0 Å². The molecule has 0 fully saturated rings. The fourth-order valence-corrected chi connectivity index (χ4v) is 1.52. The van der Waals surface area contributed by atoms with Gasteiger partial charge in [0.05, 0.1) is 13.1 Å². The second-order valence-electron chi connectivity index (χ2n) is 3.39. The second-order valence-corrected chi connectivity index (χ2v) is 3.39. The summed E-state index contributed by atoms with van der Waals surface area (Å²) in [5.74, 6) is 0. The van der Waals surface area contributed by atoms with E-state index in [0.29, 0.717) is 0 Å². The van der Waals surface area contributed by atoms with Gasteiger partial charge < -0.3 is 0 Å². The van der Waals surface area contributed by atoms with Crippen molar-refractivity contribution in [2.45, 2.75) is 26.6 Å². The van der Waals surface area contributed by atoms with Crippen molar-refractivity contribution < 1.29 is 0 Å². The minimum atomic E-state index is -0.635. The van der Waals surface area contributed by atoms with Gasteiger partial charge in [0.2, 0.25) is 0 Å². The molecule has 1 rings (SSSR count). The maximum Gasteiger partial charge on any atom is 0.336 e. The van der Waals surface area contributed by atoms with E-state index < -0.39 is 17.1 Å². The lowest BCUT2D eigenvalue weighted by molar-refractivity contribution is 0.491. The van der Waals surface area contributed by atoms with Gasteiger partial charge in [0.25, 0.3) is 0 Å². The molecule has 0 N–H and O–H groups in total. The quantitative estimate of drug-likeness (QED) is 0.652. The van der Waals surface area contributed by atoms with Crippen LogP contribution in [0.15, 0.2) is 39.7 Å². The van der Waals surface area contributed by atoms with E-state index in [1.807, 2.05) is 0 Å². The van der Waals surface area contributed by atoms with Gasteiger partial charge in [-0.05, 0) is 6.92 Å². The fraction of sp³-hybridized carbons (Fsp3) is 0.364. The van der Waals surface area contributed by atoms with Gasteiger partial charge in [-0.15, -0.1) is 13.2 Å². The third-order valence-corrected chi connectivity index (χ3v) is 2.32. The Morgan fingerprint density at radius 3 is 1.53 bits per heavy atom. The lowest BCUT2D eigenvalue weighted by atomic mass is 10.5. The highest BCUT2D eigenvalue weighted by atomic mass is 16.2. The molecule has 1 aromatic rings. The summed E-state index contributed by atoms with van der Waals surface area (Å²) in [5.41, 5.74) is -1.85. The molecule has 17 heavy (non-hydrogen) atoms. The number of aromatic nitrogens is 3. The highest BCUT2D eigenvalue weighted by Gasteiger charge is 2.12. The topological polar surface area (TPSA) is 66.0 Å². The minimum Gasteiger partial charge on any atom is -0.247 e. The van der Waals surface area contributed by atoms with Gasteiger partial charge in [0.1, 0.15) is 0 Å². The van der Waals surface area contributed by atoms with Gasteiger partial charge in [0.15, 0.2) is 0 Å². The van der Waals surface area contributed by atoms with Gasteiger partial charge in [-0.2, -0.15) is 0 Å². The number of nitrogens with zero attached hydrogens (tertiary/aromatic N) is 3. The molecule has 0 spiro atoms. The molecule has 0 aliphatic carbocycles. The largest absolute Gasteiger partial charge is 0.336 e. The van der Waals surface area contributed by atoms with Crippen LogP contribution in [0.4, 0.5) is 0 Å². The van der Waals surface area contributed by atoms with Crippen molar-refractivity contribution in [3.63, 3.8) is 0 Å². The summed E-state index contributed by atoms with van der Waals surface area (Å²) in [5, 5.41) is 0. The molecule has 0 bridgehead atoms. The summed E-state index contributed by atoms with van der Waals surface area (Å²) in [7, 11) is 0. The zero-order chi connectivity index (χ0) is 13.0. The van der Waals surface area contributed by atoms with E-state index in [4.69, 9.17) is 0 Å². The number of rotatable bonds is 5. The maximum absolute atomic E-state index is 11.9. The van der Waals surface area contributed by atoms with Crippen LogP contribution < -0.4 is 17.1 Å². The molecule has 0 aromatic carbocycles. The van der Waals surface area contributed by atoms with Crippen LogP contribution in [0.1, 0.15) is 6.92 Å². The number of hydrogen-bond acceptors (Lipinski definition) is 3. The lowest BCUT2D eigenvalue weighted by Gasteiger charge is -2.10. The van der Waals surface area contributed by atoms with Crippen LogP contribution in [-0.4, -0.2) is 13.7 Å². The summed E-state index contributed by atoms with van der Waals surface area (Å²) in [6.45, 7) is 8.99. The molecule has 0 radical (unpaired) electrons. The predicted molar refractivity (Wildman–Crippen MR) is 65.3 cm³/mol. The first-order valence-corrected chi connectivity index (χ1v) is 5.24. The molecule has 0 saturated carbocycles. The lowest BCUT2D eigenvalue weighted by Crippen LogP contribution is -2.54. The van der Waals surface area contributed by atoms with Gasteiger partial charge >= 0.3 is 17.1 Å². The van der Waals surface area contributed by atoms with E-state index in [1.165, 1.54) is 12.2 Å². The van der Waals surface area contributed by atoms with Gasteiger partial charge in [-0.25, -0.2) is 28.1 Å². The molecule has 6 nitrogen and oxygen atoms in total. The molecule has 0 saturated heterocycles. The summed E-state index contributed by atoms with van der Waals surface area (Å²) < 4.78 is 2.96. The Labute approximate surface area is 97.7 Å². The SMILES string of the molecule is C=CCn1c(=O)n(CC)c(=O)n(CC=C)c1=O. The molecule has 0 unspecified atom stereocenters. The average Bonchev–Trinajstić information content (AvgIpc) is 2.31. The van der Waals surface area contributed by atoms with Crippen LogP contribution in [0.3, 0.4) is 0 Å². The van der Waals surface area contributed by atoms with Crippen LogP contribution in [0.25, 0.3) is 0 Å². The van der Waals surface area contributed by atoms with Gasteiger partial charge in [-0.3, -0.25) is 0 Å². The van der Waals surface area contributed by atoms with Crippen molar-refractivity contribution >= 4 is 0 Å². The zero-order valence-corrected chi connectivity index (χ0v) is 9.76. The third-order valence-electron chi connectivity index (χ3n) is 2.32. The molecule has 0 amide bonds. The molecule has 92 valence electrons. The van der Waals surface area contributed by atoms with Gasteiger partial charge in [-0.1, -0.05) is 12.2 Å². The Hall–Kier alpha value is -2.11. The third kappa shape index (κ3) is 2.20. The second kappa shape index (κ2) is 5.29. The first-order valence-electron chi connectivity index (χ1n) is 5.24. The Kier molecular flexibility index (Phi) is 4.03. The fourth-order valence-electron chi connectivity index (χ4n) is 1.52. The molecule has 1 aromatic heterocycles. The van der Waals surface area contributed by atoms with Crippen LogP contribution in [-0.2, 0) is 19.6 Å². The average molecular weight is 237 g/mol. The van der Waals surface area contributed by atoms with Gasteiger partial charge in [0, 0.05) is 6.54 Å². The summed E-state index contributed by atoms with van der Waals surface area (Å²) in [6, 6.07) is 0. The van der Waals surface area contributed by atoms with E-state index in [2.05, 4.69) is 13.2 Å². The van der Waals surface area contributed by atoms with E-state index in [9.17, 15) is 14.4 Å². The Morgan fingerprint density at radius 2 is 1.24 bits per heavy atom. The highest BCUT2D eigenvalue weighted by Crippen LogP contribution is 1.78. The van der Waals surface area contributed by atoms with Crippen molar-refractivity contribution in [3.05, 3.63) is 56.8 Å². The highest BCUT2D eigenvalue weighted by molar-refractivity contribution is 4.84. The molecule has 0 aliphatic heterocycles. The minimum absolute atomic E-state index is 0.0785. The van der Waals surface area contributed by atoms with Crippen molar-refractivity contribution in [2.24, 2.45) is 0 Å². The monoisotopic (exact) mass is 237 g/mol. The molecule has 0 aliphatic rings. The first-order chi connectivity index (χ1) is 8.08. The Bertz CT molecular complexity index is 556. The van der Waals surface area contributed by atoms with Crippen LogP contribution in [0, 0.1) is 0 Å². The normalized spacial score (nSPS) is 10.2. The van der Waals surface area contributed by atoms with E-state index in [1.54, 1.807) is 6.92 Å². The molecule has 6 heteroatoms. The zero-order valence-electron chi connectivity index (χ0n) is 9.76. The standard InChI is InChI=1S/C11H15N3O3/c1-4-7-13-9(15)12(6-3)10(16)14(8-5-2)11(13)17/h4-5H,1-2,6-8H2,3H3. The predicted octanol–water partition coefficient (Wildman–Crippen LogP) is -0.436. The summed E-state index contributed by atoms with van der Waals surface area (Å²) >= 11 is 0. The Balaban J connectivity index is 3.75. The van der Waals surface area contributed by atoms with E-state index in [0.717, 1.165) is 13.7 Å². The molecule has 0 atom stereocenters. The van der Waals surface area contributed by atoms with Crippen LogP contribution in [0.2, 0.25) is 0 Å². The van der Waals surface area contributed by atoms with E-state index >= 15 is 0 Å². The molecular weight excluding hydrogens is 222 g/mol. The van der Waals surface area contributed by atoms with E-state index in [-0.39, 0.29) is 19.6 Å². The van der Waals surface area contributed by atoms with Crippen molar-refractivity contribution in [3.8, 4) is 0 Å². The van der Waals surface area contributed by atoms with Crippen molar-refractivity contribution in [1.29, 1.82) is 0 Å². The van der Waals surface area contributed by atoms with Crippen LogP contribution in [0.5, 0.6) is 0 Å².